The van der Waals surface area contributed by atoms with Gasteiger partial charge in [-0.1, -0.05) is 18.2 Å². The minimum Gasteiger partial charge on any atom is -0.351 e. The Morgan fingerprint density at radius 2 is 1.85 bits per heavy atom. The Morgan fingerprint density at radius 3 is 2.62 bits per heavy atom. The molecule has 0 atom stereocenters. The summed E-state index contributed by atoms with van der Waals surface area (Å²) in [4.78, 5) is 34.4. The zero-order valence-electron chi connectivity index (χ0n) is 22.3. The van der Waals surface area contributed by atoms with E-state index in [-0.39, 0.29) is 12.1 Å². The van der Waals surface area contributed by atoms with E-state index in [4.69, 9.17) is 15.7 Å². The zero-order chi connectivity index (χ0) is 26.9. The largest absolute Gasteiger partial charge is 0.351 e. The predicted molar refractivity (Wildman–Crippen MR) is 153 cm³/mol. The van der Waals surface area contributed by atoms with Gasteiger partial charge in [0.05, 0.1) is 17.7 Å². The van der Waals surface area contributed by atoms with Gasteiger partial charge in [-0.3, -0.25) is 10.3 Å². The number of nitrogens with zero attached hydrogens (tertiary/aromatic N) is 6. The van der Waals surface area contributed by atoms with Crippen LogP contribution in [0.1, 0.15) is 31.2 Å². The normalized spacial score (nSPS) is 18.8. The molecule has 6 rings (SSSR count). The third-order valence-electron chi connectivity index (χ3n) is 7.37. The molecule has 1 saturated carbocycles. The Bertz CT molecular complexity index is 1460. The standard InChI is InChI=1S/C28H34N10O/c1-36(2)35-28(39)38(21-6-4-3-5-7-21)22-12-13-23-18(16-22)14-15-37(23)26-24-25(31-17-30-24)33-27(34-26)32-20-10-8-19(29)9-11-20/h3-7,12-13,16-17,19-20H,8-11,14-15,29H2,1-2H3,(H,35,39)(H2,30,31,32,33,34)/t19-,20-. The first-order chi connectivity index (χ1) is 19.0. The van der Waals surface area contributed by atoms with Gasteiger partial charge in [0.1, 0.15) is 0 Å². The van der Waals surface area contributed by atoms with Crippen LogP contribution < -0.4 is 26.3 Å². The van der Waals surface area contributed by atoms with Crippen LogP contribution >= 0.6 is 0 Å². The summed E-state index contributed by atoms with van der Waals surface area (Å²) in [5, 5.41) is 5.18. The van der Waals surface area contributed by atoms with E-state index in [1.165, 1.54) is 0 Å². The Kier molecular flexibility index (Phi) is 6.76. The molecule has 11 nitrogen and oxygen atoms in total. The Morgan fingerprint density at radius 1 is 1.05 bits per heavy atom. The molecular formula is C28H34N10O. The monoisotopic (exact) mass is 526 g/mol. The van der Waals surface area contributed by atoms with Crippen LogP contribution in [-0.4, -0.2) is 63.7 Å². The first kappa shape index (κ1) is 25.1. The topological polar surface area (TPSA) is 131 Å². The molecular weight excluding hydrogens is 492 g/mol. The lowest BCUT2D eigenvalue weighted by Crippen LogP contribution is -2.44. The van der Waals surface area contributed by atoms with Crippen molar-refractivity contribution in [1.29, 1.82) is 0 Å². The number of carbonyl (C=O) groups excluding carboxylic acids is 1. The second kappa shape index (κ2) is 10.5. The van der Waals surface area contributed by atoms with Crippen molar-refractivity contribution >= 4 is 46.0 Å². The van der Waals surface area contributed by atoms with Crippen LogP contribution in [0.25, 0.3) is 11.2 Å². The molecule has 0 saturated heterocycles. The molecule has 1 fully saturated rings. The van der Waals surface area contributed by atoms with E-state index in [9.17, 15) is 4.79 Å². The van der Waals surface area contributed by atoms with Crippen LogP contribution in [-0.2, 0) is 6.42 Å². The lowest BCUT2D eigenvalue weighted by molar-refractivity contribution is 0.220. The molecule has 0 bridgehead atoms. The molecule has 1 aliphatic heterocycles. The average Bonchev–Trinajstić information content (AvgIpc) is 3.57. The summed E-state index contributed by atoms with van der Waals surface area (Å²) in [6.45, 7) is 0.755. The minimum absolute atomic E-state index is 0.227. The van der Waals surface area contributed by atoms with Gasteiger partial charge in [0, 0.05) is 38.4 Å². The highest BCUT2D eigenvalue weighted by Crippen LogP contribution is 2.39. The first-order valence-electron chi connectivity index (χ1n) is 13.4. The van der Waals surface area contributed by atoms with Crippen molar-refractivity contribution in [2.45, 2.75) is 44.2 Å². The van der Waals surface area contributed by atoms with E-state index < -0.39 is 0 Å². The van der Waals surface area contributed by atoms with E-state index in [1.54, 1.807) is 30.3 Å². The molecule has 2 aromatic carbocycles. The van der Waals surface area contributed by atoms with Gasteiger partial charge < -0.3 is 20.9 Å². The lowest BCUT2D eigenvalue weighted by Gasteiger charge is -2.27. The van der Waals surface area contributed by atoms with Gasteiger partial charge in [0.25, 0.3) is 0 Å². The predicted octanol–water partition coefficient (Wildman–Crippen LogP) is 4.05. The van der Waals surface area contributed by atoms with Gasteiger partial charge in [-0.15, -0.1) is 0 Å². The molecule has 2 aromatic heterocycles. The Labute approximate surface area is 227 Å². The number of nitrogens with one attached hydrogen (secondary N) is 3. The number of H-pyrrole nitrogens is 1. The number of hydrogen-bond acceptors (Lipinski definition) is 8. The van der Waals surface area contributed by atoms with Crippen molar-refractivity contribution in [1.82, 2.24) is 30.4 Å². The number of fused-ring (bicyclic) bond motifs is 2. The maximum atomic E-state index is 13.2. The van der Waals surface area contributed by atoms with Gasteiger partial charge in [-0.05, 0) is 68.0 Å². The van der Waals surface area contributed by atoms with E-state index in [0.29, 0.717) is 17.6 Å². The molecule has 0 spiro atoms. The molecule has 39 heavy (non-hydrogen) atoms. The third-order valence-corrected chi connectivity index (χ3v) is 7.37. The summed E-state index contributed by atoms with van der Waals surface area (Å²) in [6.07, 6.45) is 6.51. The fraction of sp³-hybridized carbons (Fsp3) is 0.357. The number of hydrogen-bond donors (Lipinski definition) is 4. The van der Waals surface area contributed by atoms with E-state index in [0.717, 1.165) is 72.6 Å². The van der Waals surface area contributed by atoms with Crippen LogP contribution in [0.3, 0.4) is 0 Å². The number of imidazole rings is 1. The van der Waals surface area contributed by atoms with Crippen molar-refractivity contribution < 1.29 is 4.79 Å². The quantitative estimate of drug-likeness (QED) is 0.277. The van der Waals surface area contributed by atoms with Gasteiger partial charge in [-0.2, -0.15) is 9.97 Å². The smallest absolute Gasteiger partial charge is 0.340 e. The fourth-order valence-corrected chi connectivity index (χ4v) is 5.47. The number of aromatic amines is 1. The highest BCUT2D eigenvalue weighted by atomic mass is 16.2. The Balaban J connectivity index is 1.32. The number of anilines is 5. The van der Waals surface area contributed by atoms with Crippen LogP contribution in [0, 0.1) is 0 Å². The number of para-hydroxylation sites is 1. The highest BCUT2D eigenvalue weighted by molar-refractivity contribution is 5.99. The molecule has 3 heterocycles. The van der Waals surface area contributed by atoms with Crippen molar-refractivity contribution in [2.75, 3.05) is 35.8 Å². The van der Waals surface area contributed by atoms with E-state index >= 15 is 0 Å². The fourth-order valence-electron chi connectivity index (χ4n) is 5.47. The molecule has 11 heteroatoms. The average molecular weight is 527 g/mol. The van der Waals surface area contributed by atoms with Gasteiger partial charge in [0.2, 0.25) is 5.95 Å². The number of hydrazine groups is 1. The molecule has 2 aliphatic rings. The van der Waals surface area contributed by atoms with Gasteiger partial charge >= 0.3 is 6.03 Å². The number of aromatic nitrogens is 4. The maximum absolute atomic E-state index is 13.2. The second-order valence-electron chi connectivity index (χ2n) is 10.4. The number of carbonyl (C=O) groups is 1. The van der Waals surface area contributed by atoms with Gasteiger partial charge in [0.15, 0.2) is 17.0 Å². The molecule has 2 amide bonds. The van der Waals surface area contributed by atoms with E-state index in [1.807, 2.05) is 36.4 Å². The van der Waals surface area contributed by atoms with Crippen molar-refractivity contribution in [3.63, 3.8) is 0 Å². The molecule has 5 N–H and O–H groups in total. The SMILES string of the molecule is CN(C)NC(=O)N(c1ccccc1)c1ccc2c(c1)CCN2c1nc(N[C@H]2CC[C@H](N)CC2)nc2[nH]cnc12. The van der Waals surface area contributed by atoms with Crippen LogP contribution in [0.4, 0.5) is 33.6 Å². The van der Waals surface area contributed by atoms with Crippen LogP contribution in [0.5, 0.6) is 0 Å². The number of benzene rings is 2. The molecule has 0 unspecified atom stereocenters. The summed E-state index contributed by atoms with van der Waals surface area (Å²) in [5.41, 5.74) is 14.2. The molecule has 202 valence electrons. The van der Waals surface area contributed by atoms with Crippen molar-refractivity contribution in [2.24, 2.45) is 5.73 Å². The number of nitrogens with two attached hydrogens (primary N) is 1. The first-order valence-corrected chi connectivity index (χ1v) is 13.4. The number of rotatable bonds is 6. The summed E-state index contributed by atoms with van der Waals surface area (Å²) >= 11 is 0. The van der Waals surface area contributed by atoms with Crippen molar-refractivity contribution in [3.05, 3.63) is 60.4 Å². The minimum atomic E-state index is -0.227. The number of urea groups is 1. The highest BCUT2D eigenvalue weighted by Gasteiger charge is 2.28. The van der Waals surface area contributed by atoms with Crippen molar-refractivity contribution in [3.8, 4) is 0 Å². The maximum Gasteiger partial charge on any atom is 0.340 e. The lowest BCUT2D eigenvalue weighted by atomic mass is 9.92. The number of amides is 2. The van der Waals surface area contributed by atoms with Crippen LogP contribution in [0.15, 0.2) is 54.9 Å². The summed E-state index contributed by atoms with van der Waals surface area (Å²) in [6, 6.07) is 16.2. The van der Waals surface area contributed by atoms with Gasteiger partial charge in [-0.25, -0.2) is 14.8 Å². The second-order valence-corrected chi connectivity index (χ2v) is 10.4. The summed E-state index contributed by atoms with van der Waals surface area (Å²) in [7, 11) is 3.59. The Hall–Kier alpha value is -4.22. The summed E-state index contributed by atoms with van der Waals surface area (Å²) < 4.78 is 0. The molecule has 1 aliphatic carbocycles. The van der Waals surface area contributed by atoms with E-state index in [2.05, 4.69) is 37.7 Å². The molecule has 4 aromatic rings. The zero-order valence-corrected chi connectivity index (χ0v) is 22.3. The third kappa shape index (κ3) is 5.10. The van der Waals surface area contributed by atoms with Crippen LogP contribution in [0.2, 0.25) is 0 Å². The summed E-state index contributed by atoms with van der Waals surface area (Å²) in [5.74, 6) is 1.37. The molecule has 0 radical (unpaired) electrons.